The summed E-state index contributed by atoms with van der Waals surface area (Å²) in [6.07, 6.45) is 2.15. The van der Waals surface area contributed by atoms with Crippen LogP contribution in [0.3, 0.4) is 0 Å². The Hall–Kier alpha value is -0.930. The highest BCUT2D eigenvalue weighted by Gasteiger charge is 2.36. The van der Waals surface area contributed by atoms with Crippen molar-refractivity contribution >= 4 is 54.8 Å². The number of carbonyl (C=O) groups excluding carboxylic acids is 1. The Morgan fingerprint density at radius 1 is 1.19 bits per heavy atom. The SMILES string of the molecule is O=C1NCCCCC1N(Cc1ccc(Br)s1)S(=O)(=O)c1ccc(Cl)cc1. The predicted octanol–water partition coefficient (Wildman–Crippen LogP) is 4.02. The van der Waals surface area contributed by atoms with E-state index >= 15 is 0 Å². The second kappa shape index (κ2) is 8.39. The number of sulfonamides is 1. The molecule has 5 nitrogen and oxygen atoms in total. The molecule has 1 aromatic carbocycles. The zero-order valence-electron chi connectivity index (χ0n) is 13.8. The minimum atomic E-state index is -3.85. The average molecular weight is 478 g/mol. The van der Waals surface area contributed by atoms with Crippen LogP contribution in [0.15, 0.2) is 45.1 Å². The topological polar surface area (TPSA) is 66.5 Å². The lowest BCUT2D eigenvalue weighted by atomic mass is 10.1. The van der Waals surface area contributed by atoms with Gasteiger partial charge >= 0.3 is 0 Å². The fourth-order valence-electron chi connectivity index (χ4n) is 2.89. The van der Waals surface area contributed by atoms with Crippen LogP contribution >= 0.6 is 38.9 Å². The van der Waals surface area contributed by atoms with Crippen LogP contribution in [0.4, 0.5) is 0 Å². The molecule has 2 aromatic rings. The van der Waals surface area contributed by atoms with E-state index in [1.807, 2.05) is 12.1 Å². The normalized spacial score (nSPS) is 18.6. The molecule has 1 fully saturated rings. The van der Waals surface area contributed by atoms with Gasteiger partial charge < -0.3 is 5.32 Å². The highest BCUT2D eigenvalue weighted by Crippen LogP contribution is 2.29. The van der Waals surface area contributed by atoms with Crippen LogP contribution in [0.1, 0.15) is 24.1 Å². The molecule has 26 heavy (non-hydrogen) atoms. The molecular formula is C17H18BrClN2O3S2. The molecule has 0 saturated carbocycles. The van der Waals surface area contributed by atoms with Crippen LogP contribution in [-0.2, 0) is 21.4 Å². The number of hydrogen-bond acceptors (Lipinski definition) is 4. The van der Waals surface area contributed by atoms with Crippen molar-refractivity contribution in [3.8, 4) is 0 Å². The summed E-state index contributed by atoms with van der Waals surface area (Å²) in [5, 5.41) is 3.29. The monoisotopic (exact) mass is 476 g/mol. The van der Waals surface area contributed by atoms with Gasteiger partial charge in [0.1, 0.15) is 6.04 Å². The van der Waals surface area contributed by atoms with Crippen molar-refractivity contribution in [2.45, 2.75) is 36.7 Å². The summed E-state index contributed by atoms with van der Waals surface area (Å²) in [4.78, 5) is 13.5. The zero-order chi connectivity index (χ0) is 18.7. The Balaban J connectivity index is 2.00. The van der Waals surface area contributed by atoms with E-state index in [-0.39, 0.29) is 17.3 Å². The fraction of sp³-hybridized carbons (Fsp3) is 0.353. The van der Waals surface area contributed by atoms with E-state index in [1.165, 1.54) is 27.8 Å². The van der Waals surface area contributed by atoms with E-state index in [0.29, 0.717) is 18.0 Å². The number of nitrogens with one attached hydrogen (secondary N) is 1. The van der Waals surface area contributed by atoms with Gasteiger partial charge in [0.2, 0.25) is 15.9 Å². The number of halogens is 2. The molecule has 1 atom stereocenters. The van der Waals surface area contributed by atoms with Gasteiger partial charge in [-0.05, 0) is 71.6 Å². The Morgan fingerprint density at radius 3 is 2.58 bits per heavy atom. The Bertz CT molecular complexity index is 884. The molecular weight excluding hydrogens is 460 g/mol. The molecule has 1 unspecified atom stereocenters. The number of amides is 1. The van der Waals surface area contributed by atoms with Crippen molar-refractivity contribution in [1.29, 1.82) is 0 Å². The summed E-state index contributed by atoms with van der Waals surface area (Å²) < 4.78 is 28.8. The maximum atomic E-state index is 13.3. The maximum Gasteiger partial charge on any atom is 0.244 e. The lowest BCUT2D eigenvalue weighted by Crippen LogP contribution is -2.48. The van der Waals surface area contributed by atoms with Gasteiger partial charge in [-0.15, -0.1) is 11.3 Å². The number of rotatable bonds is 5. The zero-order valence-corrected chi connectivity index (χ0v) is 17.8. The van der Waals surface area contributed by atoms with Crippen LogP contribution in [0.5, 0.6) is 0 Å². The molecule has 1 aromatic heterocycles. The molecule has 0 bridgehead atoms. The van der Waals surface area contributed by atoms with Gasteiger partial charge in [0.15, 0.2) is 0 Å². The van der Waals surface area contributed by atoms with Gasteiger partial charge in [-0.1, -0.05) is 11.6 Å². The molecule has 0 spiro atoms. The van der Waals surface area contributed by atoms with Gasteiger partial charge in [-0.25, -0.2) is 8.42 Å². The van der Waals surface area contributed by atoms with E-state index in [0.717, 1.165) is 21.5 Å². The molecule has 1 saturated heterocycles. The molecule has 2 heterocycles. The van der Waals surface area contributed by atoms with E-state index < -0.39 is 16.1 Å². The predicted molar refractivity (Wildman–Crippen MR) is 107 cm³/mol. The Morgan fingerprint density at radius 2 is 1.92 bits per heavy atom. The van der Waals surface area contributed by atoms with E-state index in [9.17, 15) is 13.2 Å². The minimum absolute atomic E-state index is 0.134. The van der Waals surface area contributed by atoms with Crippen molar-refractivity contribution in [2.24, 2.45) is 0 Å². The number of benzene rings is 1. The highest BCUT2D eigenvalue weighted by atomic mass is 79.9. The van der Waals surface area contributed by atoms with Crippen LogP contribution in [0.25, 0.3) is 0 Å². The molecule has 9 heteroatoms. The van der Waals surface area contributed by atoms with Crippen molar-refractivity contribution in [1.82, 2.24) is 9.62 Å². The number of nitrogens with zero attached hydrogens (tertiary/aromatic N) is 1. The average Bonchev–Trinajstić information content (AvgIpc) is 2.89. The van der Waals surface area contributed by atoms with Crippen molar-refractivity contribution in [3.05, 3.63) is 50.1 Å². The van der Waals surface area contributed by atoms with Gasteiger partial charge in [0, 0.05) is 23.0 Å². The molecule has 0 aliphatic carbocycles. The number of thiophene rings is 1. The first-order chi connectivity index (χ1) is 12.4. The Labute approximate surface area is 170 Å². The van der Waals surface area contributed by atoms with Crippen LogP contribution < -0.4 is 5.32 Å². The largest absolute Gasteiger partial charge is 0.355 e. The molecule has 140 valence electrons. The van der Waals surface area contributed by atoms with E-state index in [4.69, 9.17) is 11.6 Å². The summed E-state index contributed by atoms with van der Waals surface area (Å²) >= 11 is 10.8. The second-order valence-electron chi connectivity index (χ2n) is 6.01. The quantitative estimate of drug-likeness (QED) is 0.707. The van der Waals surface area contributed by atoms with Crippen molar-refractivity contribution in [2.75, 3.05) is 6.54 Å². The van der Waals surface area contributed by atoms with E-state index in [2.05, 4.69) is 21.2 Å². The molecule has 1 N–H and O–H groups in total. The van der Waals surface area contributed by atoms with Crippen molar-refractivity contribution in [3.63, 3.8) is 0 Å². The van der Waals surface area contributed by atoms with Gasteiger partial charge in [0.25, 0.3) is 0 Å². The first-order valence-electron chi connectivity index (χ1n) is 8.17. The lowest BCUT2D eigenvalue weighted by molar-refractivity contribution is -0.124. The summed E-state index contributed by atoms with van der Waals surface area (Å²) in [6.45, 7) is 0.730. The first-order valence-corrected chi connectivity index (χ1v) is 11.6. The summed E-state index contributed by atoms with van der Waals surface area (Å²) in [7, 11) is -3.85. The molecule has 3 rings (SSSR count). The highest BCUT2D eigenvalue weighted by molar-refractivity contribution is 9.11. The first kappa shape index (κ1) is 19.8. The summed E-state index contributed by atoms with van der Waals surface area (Å²) in [5.41, 5.74) is 0. The standard InChI is InChI=1S/C17H18BrClN2O3S2/c18-16-9-6-13(25-16)11-21(15-3-1-2-10-20-17(15)22)26(23,24)14-7-4-12(19)5-8-14/h4-9,15H,1-3,10-11H2,(H,20,22). The molecule has 1 aliphatic rings. The van der Waals surface area contributed by atoms with Gasteiger partial charge in [-0.2, -0.15) is 4.31 Å². The maximum absolute atomic E-state index is 13.3. The van der Waals surface area contributed by atoms with Gasteiger partial charge in [0.05, 0.1) is 8.68 Å². The number of hydrogen-bond donors (Lipinski definition) is 1. The molecule has 1 amide bonds. The van der Waals surface area contributed by atoms with Crippen LogP contribution in [0.2, 0.25) is 5.02 Å². The number of carbonyl (C=O) groups is 1. The second-order valence-corrected chi connectivity index (χ2v) is 10.9. The molecule has 0 radical (unpaired) electrons. The minimum Gasteiger partial charge on any atom is -0.355 e. The smallest absolute Gasteiger partial charge is 0.244 e. The third kappa shape index (κ3) is 4.48. The Kier molecular flexibility index (Phi) is 6.40. The van der Waals surface area contributed by atoms with Crippen molar-refractivity contribution < 1.29 is 13.2 Å². The van der Waals surface area contributed by atoms with Crippen LogP contribution in [-0.4, -0.2) is 31.2 Å². The molecule has 1 aliphatic heterocycles. The summed E-state index contributed by atoms with van der Waals surface area (Å²) in [5.74, 6) is -0.240. The fourth-order valence-corrected chi connectivity index (χ4v) is 6.18. The van der Waals surface area contributed by atoms with E-state index in [1.54, 1.807) is 12.1 Å². The van der Waals surface area contributed by atoms with Gasteiger partial charge in [-0.3, -0.25) is 4.79 Å². The van der Waals surface area contributed by atoms with Crippen LogP contribution in [0, 0.1) is 0 Å². The lowest BCUT2D eigenvalue weighted by Gasteiger charge is -2.28. The third-order valence-electron chi connectivity index (χ3n) is 4.21. The third-order valence-corrected chi connectivity index (χ3v) is 7.94. The summed E-state index contributed by atoms with van der Waals surface area (Å²) in [6, 6.07) is 9.06.